The van der Waals surface area contributed by atoms with E-state index in [9.17, 15) is 4.79 Å². The van der Waals surface area contributed by atoms with E-state index in [-0.39, 0.29) is 18.1 Å². The number of carbonyl (C=O) groups is 1. The molecule has 116 valence electrons. The maximum atomic E-state index is 12.4. The molecule has 6 nitrogen and oxygen atoms in total. The van der Waals surface area contributed by atoms with E-state index < -0.39 is 0 Å². The Morgan fingerprint density at radius 3 is 2.82 bits per heavy atom. The quantitative estimate of drug-likeness (QED) is 0.936. The fraction of sp³-hybridized carbons (Fsp3) is 0.438. The van der Waals surface area contributed by atoms with Crippen LogP contribution in [0.15, 0.2) is 30.3 Å². The molecule has 0 unspecified atom stereocenters. The van der Waals surface area contributed by atoms with Gasteiger partial charge in [0, 0.05) is 6.61 Å². The lowest BCUT2D eigenvalue weighted by Crippen LogP contribution is -2.41. The minimum atomic E-state index is -0.206. The van der Waals surface area contributed by atoms with Gasteiger partial charge in [-0.25, -0.2) is 0 Å². The van der Waals surface area contributed by atoms with Crippen molar-refractivity contribution in [3.05, 3.63) is 41.7 Å². The van der Waals surface area contributed by atoms with Gasteiger partial charge < -0.3 is 10.1 Å². The van der Waals surface area contributed by atoms with Crippen molar-refractivity contribution in [2.45, 2.75) is 38.8 Å². The molecule has 2 aromatic rings. The predicted molar refractivity (Wildman–Crippen MR) is 82.0 cm³/mol. The molecule has 2 atom stereocenters. The van der Waals surface area contributed by atoms with Crippen LogP contribution >= 0.6 is 0 Å². The normalized spacial score (nSPS) is 19.1. The molecule has 1 aromatic heterocycles. The number of aromatic nitrogens is 3. The Kier molecular flexibility index (Phi) is 4.20. The summed E-state index contributed by atoms with van der Waals surface area (Å²) >= 11 is 0. The van der Waals surface area contributed by atoms with Crippen LogP contribution in [0.25, 0.3) is 5.69 Å². The summed E-state index contributed by atoms with van der Waals surface area (Å²) in [5.41, 5.74) is 1.80. The minimum Gasteiger partial charge on any atom is -0.376 e. The highest BCUT2D eigenvalue weighted by Gasteiger charge is 2.25. The monoisotopic (exact) mass is 300 g/mol. The van der Waals surface area contributed by atoms with Crippen molar-refractivity contribution in [3.8, 4) is 5.69 Å². The van der Waals surface area contributed by atoms with Crippen LogP contribution in [0.1, 0.15) is 35.9 Å². The molecular formula is C16H20N4O2. The molecule has 0 bridgehead atoms. The maximum Gasteiger partial charge on any atom is 0.274 e. The van der Waals surface area contributed by atoms with Gasteiger partial charge in [-0.15, -0.1) is 5.10 Å². The van der Waals surface area contributed by atoms with Gasteiger partial charge in [0.1, 0.15) is 0 Å². The molecule has 1 saturated heterocycles. The fourth-order valence-corrected chi connectivity index (χ4v) is 2.63. The summed E-state index contributed by atoms with van der Waals surface area (Å²) in [4.78, 5) is 13.9. The van der Waals surface area contributed by atoms with Crippen molar-refractivity contribution < 1.29 is 9.53 Å². The third kappa shape index (κ3) is 3.01. The molecule has 1 amide bonds. The van der Waals surface area contributed by atoms with Crippen molar-refractivity contribution >= 4 is 5.91 Å². The summed E-state index contributed by atoms with van der Waals surface area (Å²) in [6.07, 6.45) is 2.12. The van der Waals surface area contributed by atoms with Gasteiger partial charge in [-0.3, -0.25) is 4.79 Å². The second-order valence-electron chi connectivity index (χ2n) is 5.57. The number of ether oxygens (including phenoxy) is 1. The molecule has 22 heavy (non-hydrogen) atoms. The van der Waals surface area contributed by atoms with Gasteiger partial charge in [0.05, 0.1) is 23.5 Å². The first-order valence-corrected chi connectivity index (χ1v) is 7.57. The van der Waals surface area contributed by atoms with Crippen LogP contribution in [0.5, 0.6) is 0 Å². The Morgan fingerprint density at radius 1 is 1.36 bits per heavy atom. The zero-order chi connectivity index (χ0) is 15.5. The third-order valence-corrected chi connectivity index (χ3v) is 3.87. The van der Waals surface area contributed by atoms with E-state index in [0.29, 0.717) is 11.4 Å². The van der Waals surface area contributed by atoms with E-state index in [2.05, 4.69) is 15.5 Å². The summed E-state index contributed by atoms with van der Waals surface area (Å²) in [5, 5.41) is 11.6. The molecule has 1 fully saturated rings. The van der Waals surface area contributed by atoms with E-state index >= 15 is 0 Å². The van der Waals surface area contributed by atoms with Crippen LogP contribution in [-0.2, 0) is 4.74 Å². The molecule has 1 aliphatic heterocycles. The largest absolute Gasteiger partial charge is 0.376 e. The molecule has 0 spiro atoms. The number of nitrogens with one attached hydrogen (secondary N) is 1. The molecular weight excluding hydrogens is 280 g/mol. The lowest BCUT2D eigenvalue weighted by atomic mass is 10.1. The first-order valence-electron chi connectivity index (χ1n) is 7.57. The lowest BCUT2D eigenvalue weighted by molar-refractivity contribution is 0.0709. The molecule has 0 saturated carbocycles. The maximum absolute atomic E-state index is 12.4. The van der Waals surface area contributed by atoms with E-state index in [4.69, 9.17) is 4.74 Å². The molecule has 6 heteroatoms. The van der Waals surface area contributed by atoms with E-state index in [0.717, 1.165) is 25.1 Å². The summed E-state index contributed by atoms with van der Waals surface area (Å²) in [5.74, 6) is -0.206. The van der Waals surface area contributed by atoms with Gasteiger partial charge >= 0.3 is 0 Å². The molecule has 3 rings (SSSR count). The summed E-state index contributed by atoms with van der Waals surface area (Å²) < 4.78 is 5.60. The molecule has 2 heterocycles. The topological polar surface area (TPSA) is 69.0 Å². The summed E-state index contributed by atoms with van der Waals surface area (Å²) in [7, 11) is 0. The predicted octanol–water partition coefficient (Wildman–Crippen LogP) is 1.87. The Morgan fingerprint density at radius 2 is 2.14 bits per heavy atom. The Bertz CT molecular complexity index is 647. The number of hydrogen-bond donors (Lipinski definition) is 1. The number of amides is 1. The highest BCUT2D eigenvalue weighted by Crippen LogP contribution is 2.16. The van der Waals surface area contributed by atoms with Gasteiger partial charge in [-0.2, -0.15) is 9.90 Å². The average molecular weight is 300 g/mol. The first-order chi connectivity index (χ1) is 10.6. The fourth-order valence-electron chi connectivity index (χ4n) is 2.63. The zero-order valence-corrected chi connectivity index (χ0v) is 12.8. The Balaban J connectivity index is 1.74. The average Bonchev–Trinajstić information content (AvgIpc) is 3.17. The standard InChI is InChI=1S/C16H20N4O2/c1-11(14-9-6-10-22-14)17-16(21)15-12(2)18-20(19-15)13-7-4-3-5-8-13/h3-5,7-8,11,14H,6,9-10H2,1-2H3,(H,17,21)/t11-,14-/m0/s1. The van der Waals surface area contributed by atoms with E-state index in [1.807, 2.05) is 37.3 Å². The Labute approximate surface area is 129 Å². The third-order valence-electron chi connectivity index (χ3n) is 3.87. The number of para-hydroxylation sites is 1. The molecule has 1 aliphatic rings. The van der Waals surface area contributed by atoms with Crippen LogP contribution in [0.4, 0.5) is 0 Å². The number of nitrogens with zero attached hydrogens (tertiary/aromatic N) is 3. The van der Waals surface area contributed by atoms with E-state index in [1.54, 1.807) is 6.92 Å². The number of benzene rings is 1. The van der Waals surface area contributed by atoms with E-state index in [1.165, 1.54) is 4.80 Å². The highest BCUT2D eigenvalue weighted by molar-refractivity contribution is 5.93. The zero-order valence-electron chi connectivity index (χ0n) is 12.8. The van der Waals surface area contributed by atoms with Gasteiger partial charge in [-0.1, -0.05) is 18.2 Å². The molecule has 1 N–H and O–H groups in total. The summed E-state index contributed by atoms with van der Waals surface area (Å²) in [6.45, 7) is 4.52. The van der Waals surface area contributed by atoms with Crippen LogP contribution in [0.3, 0.4) is 0 Å². The number of rotatable bonds is 4. The summed E-state index contributed by atoms with van der Waals surface area (Å²) in [6, 6.07) is 9.51. The second-order valence-corrected chi connectivity index (χ2v) is 5.57. The van der Waals surface area contributed by atoms with Gasteiger partial charge in [0.15, 0.2) is 5.69 Å². The molecule has 0 aliphatic carbocycles. The number of carbonyl (C=O) groups excluding carboxylic acids is 1. The SMILES string of the molecule is Cc1nn(-c2ccccc2)nc1C(=O)N[C@@H](C)[C@@H]1CCCO1. The van der Waals surface area contributed by atoms with Gasteiger partial charge in [0.25, 0.3) is 5.91 Å². The van der Waals surface area contributed by atoms with Crippen molar-refractivity contribution in [2.24, 2.45) is 0 Å². The van der Waals surface area contributed by atoms with Crippen LogP contribution in [0.2, 0.25) is 0 Å². The number of hydrogen-bond acceptors (Lipinski definition) is 4. The lowest BCUT2D eigenvalue weighted by Gasteiger charge is -2.19. The molecule has 0 radical (unpaired) electrons. The van der Waals surface area contributed by atoms with Gasteiger partial charge in [-0.05, 0) is 38.8 Å². The van der Waals surface area contributed by atoms with Crippen LogP contribution < -0.4 is 5.32 Å². The second kappa shape index (κ2) is 6.27. The van der Waals surface area contributed by atoms with Crippen molar-refractivity contribution in [2.75, 3.05) is 6.61 Å². The van der Waals surface area contributed by atoms with Crippen molar-refractivity contribution in [1.82, 2.24) is 20.3 Å². The minimum absolute atomic E-state index is 0.0312. The number of aryl methyl sites for hydroxylation is 1. The van der Waals surface area contributed by atoms with Gasteiger partial charge in [0.2, 0.25) is 0 Å². The van der Waals surface area contributed by atoms with Crippen LogP contribution in [-0.4, -0.2) is 39.7 Å². The Hall–Kier alpha value is -2.21. The van der Waals surface area contributed by atoms with Crippen molar-refractivity contribution in [3.63, 3.8) is 0 Å². The van der Waals surface area contributed by atoms with Crippen LogP contribution in [0, 0.1) is 6.92 Å². The molecule has 1 aromatic carbocycles. The smallest absolute Gasteiger partial charge is 0.274 e. The first kappa shape index (κ1) is 14.7. The highest BCUT2D eigenvalue weighted by atomic mass is 16.5. The van der Waals surface area contributed by atoms with Crippen molar-refractivity contribution in [1.29, 1.82) is 0 Å².